The highest BCUT2D eigenvalue weighted by Crippen LogP contribution is 2.49. The molecule has 1 fully saturated rings. The van der Waals surface area contributed by atoms with Crippen LogP contribution < -0.4 is 15.4 Å². The lowest BCUT2D eigenvalue weighted by molar-refractivity contribution is -0.147. The molecule has 0 aromatic heterocycles. The molecule has 1 heterocycles. The Balaban J connectivity index is 1.35. The number of likely N-dealkylation sites (tertiary alicyclic amines) is 1. The van der Waals surface area contributed by atoms with Crippen LogP contribution in [-0.2, 0) is 24.5 Å². The lowest BCUT2D eigenvalue weighted by Crippen LogP contribution is -2.51. The molecule has 11 heteroatoms. The van der Waals surface area contributed by atoms with E-state index in [9.17, 15) is 19.2 Å². The van der Waals surface area contributed by atoms with Crippen molar-refractivity contribution >= 4 is 55.6 Å². The molecule has 3 aromatic carbocycles. The SMILES string of the molecule is COc1ccccc1C(=O)NC1CCN(C(=O)C2CCC(C(=O)NCCC(=O)OC(C)C)(c3ccc(Br)cc3)c3cc(Br)ccc32)CC1. The summed E-state index contributed by atoms with van der Waals surface area (Å²) in [7, 11) is 1.54. The number of benzene rings is 3. The van der Waals surface area contributed by atoms with E-state index in [1.54, 1.807) is 39.2 Å². The third-order valence-electron chi connectivity index (χ3n) is 9.16. The minimum atomic E-state index is -1.08. The lowest BCUT2D eigenvalue weighted by atomic mass is 9.62. The van der Waals surface area contributed by atoms with Gasteiger partial charge in [-0.1, -0.05) is 62.2 Å². The first-order valence-electron chi connectivity index (χ1n) is 16.3. The smallest absolute Gasteiger partial charge is 0.307 e. The molecule has 0 bridgehead atoms. The van der Waals surface area contributed by atoms with Gasteiger partial charge in [0.2, 0.25) is 11.8 Å². The average Bonchev–Trinajstić information content (AvgIpc) is 3.07. The predicted molar refractivity (Wildman–Crippen MR) is 190 cm³/mol. The fraction of sp³-hybridized carbons (Fsp3) is 0.405. The Morgan fingerprint density at radius 1 is 0.938 bits per heavy atom. The third kappa shape index (κ3) is 7.78. The highest BCUT2D eigenvalue weighted by atomic mass is 79.9. The first kappa shape index (κ1) is 35.6. The number of carbonyl (C=O) groups is 4. The molecular formula is C37H41Br2N3O6. The topological polar surface area (TPSA) is 114 Å². The Morgan fingerprint density at radius 2 is 1.62 bits per heavy atom. The Kier molecular flexibility index (Phi) is 11.6. The van der Waals surface area contributed by atoms with Gasteiger partial charge in [0.1, 0.15) is 5.75 Å². The zero-order valence-corrected chi connectivity index (χ0v) is 30.6. The molecule has 48 heavy (non-hydrogen) atoms. The summed E-state index contributed by atoms with van der Waals surface area (Å²) in [6, 6.07) is 20.6. The molecule has 3 amide bonds. The van der Waals surface area contributed by atoms with Crippen LogP contribution in [0.4, 0.5) is 0 Å². The zero-order chi connectivity index (χ0) is 34.4. The Hall–Kier alpha value is -3.70. The van der Waals surface area contributed by atoms with Gasteiger partial charge in [-0.3, -0.25) is 19.2 Å². The van der Waals surface area contributed by atoms with Crippen molar-refractivity contribution in [2.24, 2.45) is 0 Å². The second kappa shape index (κ2) is 15.7. The fourth-order valence-corrected chi connectivity index (χ4v) is 7.45. The summed E-state index contributed by atoms with van der Waals surface area (Å²) < 4.78 is 12.3. The van der Waals surface area contributed by atoms with Crippen molar-refractivity contribution in [1.29, 1.82) is 0 Å². The summed E-state index contributed by atoms with van der Waals surface area (Å²) in [6.07, 6.45) is 1.97. The van der Waals surface area contributed by atoms with Crippen molar-refractivity contribution in [2.75, 3.05) is 26.7 Å². The van der Waals surface area contributed by atoms with Crippen LogP contribution in [0.5, 0.6) is 5.75 Å². The molecule has 1 aliphatic carbocycles. The molecule has 2 unspecified atom stereocenters. The molecule has 2 aliphatic rings. The number of esters is 1. The maximum Gasteiger partial charge on any atom is 0.307 e. The van der Waals surface area contributed by atoms with Gasteiger partial charge < -0.3 is 25.0 Å². The highest BCUT2D eigenvalue weighted by Gasteiger charge is 2.49. The molecule has 3 aromatic rings. The van der Waals surface area contributed by atoms with E-state index in [4.69, 9.17) is 9.47 Å². The molecule has 0 spiro atoms. The average molecular weight is 784 g/mol. The number of hydrogen-bond donors (Lipinski definition) is 2. The van der Waals surface area contributed by atoms with E-state index in [0.717, 1.165) is 25.6 Å². The number of fused-ring (bicyclic) bond motifs is 1. The van der Waals surface area contributed by atoms with E-state index >= 15 is 0 Å². The van der Waals surface area contributed by atoms with Gasteiger partial charge in [0.25, 0.3) is 5.91 Å². The second-order valence-electron chi connectivity index (χ2n) is 12.6. The quantitative estimate of drug-likeness (QED) is 0.235. The van der Waals surface area contributed by atoms with Crippen LogP contribution in [0, 0.1) is 0 Å². The normalized spacial score (nSPS) is 19.3. The van der Waals surface area contributed by atoms with E-state index in [0.29, 0.717) is 50.1 Å². The number of carbonyl (C=O) groups excluding carboxylic acids is 4. The van der Waals surface area contributed by atoms with Crippen LogP contribution in [0.25, 0.3) is 0 Å². The summed E-state index contributed by atoms with van der Waals surface area (Å²) in [6.45, 7) is 4.75. The van der Waals surface area contributed by atoms with Crippen molar-refractivity contribution in [3.05, 3.63) is 97.9 Å². The van der Waals surface area contributed by atoms with Gasteiger partial charge in [-0.15, -0.1) is 0 Å². The van der Waals surface area contributed by atoms with Gasteiger partial charge in [0, 0.05) is 34.6 Å². The molecule has 2 N–H and O–H groups in total. The molecule has 9 nitrogen and oxygen atoms in total. The largest absolute Gasteiger partial charge is 0.496 e. The Morgan fingerprint density at radius 3 is 2.31 bits per heavy atom. The van der Waals surface area contributed by atoms with Crippen LogP contribution in [0.15, 0.2) is 75.7 Å². The van der Waals surface area contributed by atoms with E-state index < -0.39 is 11.3 Å². The van der Waals surface area contributed by atoms with Crippen molar-refractivity contribution in [1.82, 2.24) is 15.5 Å². The van der Waals surface area contributed by atoms with Crippen LogP contribution in [0.2, 0.25) is 0 Å². The number of ether oxygens (including phenoxy) is 2. The van der Waals surface area contributed by atoms with E-state index in [1.807, 2.05) is 53.4 Å². The Bertz CT molecular complexity index is 1650. The second-order valence-corrected chi connectivity index (χ2v) is 14.4. The minimum Gasteiger partial charge on any atom is -0.496 e. The number of amides is 3. The van der Waals surface area contributed by atoms with Gasteiger partial charge in [-0.05, 0) is 92.6 Å². The van der Waals surface area contributed by atoms with Crippen molar-refractivity contribution in [2.45, 2.75) is 69.4 Å². The maximum atomic E-state index is 14.3. The summed E-state index contributed by atoms with van der Waals surface area (Å²) in [5.41, 5.74) is 1.80. The van der Waals surface area contributed by atoms with Crippen LogP contribution in [0.1, 0.15) is 78.9 Å². The zero-order valence-electron chi connectivity index (χ0n) is 27.4. The molecule has 1 aliphatic heterocycles. The number of para-hydroxylation sites is 1. The predicted octanol–water partition coefficient (Wildman–Crippen LogP) is 6.26. The highest BCUT2D eigenvalue weighted by molar-refractivity contribution is 9.10. The standard InChI is InChI=1S/C37H41Br2N3O6/c1-23(2)48-33(43)15-19-40-36(46)37(24-8-10-25(38)11-9-24)18-14-29(28-13-12-26(39)22-31(28)37)35(45)42-20-16-27(17-21-42)41-34(44)30-6-4-5-7-32(30)47-3/h4-13,22-23,27,29H,14-21H2,1-3H3,(H,40,46)(H,41,44). The maximum absolute atomic E-state index is 14.3. The fourth-order valence-electron chi connectivity index (χ4n) is 6.82. The summed E-state index contributed by atoms with van der Waals surface area (Å²) >= 11 is 7.13. The van der Waals surface area contributed by atoms with Gasteiger partial charge in [-0.25, -0.2) is 0 Å². The monoisotopic (exact) mass is 781 g/mol. The van der Waals surface area contributed by atoms with Gasteiger partial charge in [0.05, 0.1) is 36.5 Å². The van der Waals surface area contributed by atoms with E-state index in [1.165, 1.54) is 0 Å². The summed E-state index contributed by atoms with van der Waals surface area (Å²) in [5.74, 6) is -0.669. The lowest BCUT2D eigenvalue weighted by Gasteiger charge is -2.43. The Labute approximate surface area is 298 Å². The molecule has 0 saturated carbocycles. The number of halogens is 2. The van der Waals surface area contributed by atoms with E-state index in [2.05, 4.69) is 42.5 Å². The van der Waals surface area contributed by atoms with Crippen molar-refractivity contribution in [3.8, 4) is 5.75 Å². The van der Waals surface area contributed by atoms with Crippen molar-refractivity contribution in [3.63, 3.8) is 0 Å². The molecule has 254 valence electrons. The third-order valence-corrected chi connectivity index (χ3v) is 10.2. The number of nitrogens with one attached hydrogen (secondary N) is 2. The first-order chi connectivity index (χ1) is 23.0. The van der Waals surface area contributed by atoms with Gasteiger partial charge in [0.15, 0.2) is 0 Å². The van der Waals surface area contributed by atoms with Crippen LogP contribution in [-0.4, -0.2) is 67.5 Å². The number of hydrogen-bond acceptors (Lipinski definition) is 6. The van der Waals surface area contributed by atoms with Gasteiger partial charge >= 0.3 is 5.97 Å². The molecule has 0 radical (unpaired) electrons. The molecule has 2 atom stereocenters. The van der Waals surface area contributed by atoms with Gasteiger partial charge in [-0.2, -0.15) is 0 Å². The number of nitrogens with zero attached hydrogens (tertiary/aromatic N) is 1. The van der Waals surface area contributed by atoms with E-state index in [-0.39, 0.29) is 48.8 Å². The summed E-state index contributed by atoms with van der Waals surface area (Å²) in [4.78, 5) is 55.6. The molecule has 1 saturated heterocycles. The summed E-state index contributed by atoms with van der Waals surface area (Å²) in [5, 5.41) is 6.12. The minimum absolute atomic E-state index is 0.0225. The first-order valence-corrected chi connectivity index (χ1v) is 17.9. The molecule has 5 rings (SSSR count). The number of piperidine rings is 1. The van der Waals surface area contributed by atoms with Crippen LogP contribution in [0.3, 0.4) is 0 Å². The number of methoxy groups -OCH3 is 1. The molecular weight excluding hydrogens is 742 g/mol. The van der Waals surface area contributed by atoms with Crippen LogP contribution >= 0.6 is 31.9 Å². The van der Waals surface area contributed by atoms with Crippen molar-refractivity contribution < 1.29 is 28.7 Å². The number of rotatable bonds is 10.